The Labute approximate surface area is 103 Å². The van der Waals surface area contributed by atoms with Gasteiger partial charge in [0.2, 0.25) is 0 Å². The number of carboxylic acid groups (broad SMARTS) is 2. The Morgan fingerprint density at radius 1 is 1.17 bits per heavy atom. The maximum atomic E-state index is 12.7. The molecule has 0 bridgehead atoms. The molecule has 0 spiro atoms. The maximum Gasteiger partial charge on any atom is 0.335 e. The molecule has 0 amide bonds. The van der Waals surface area contributed by atoms with Crippen LogP contribution >= 0.6 is 0 Å². The van der Waals surface area contributed by atoms with Crippen LogP contribution in [0.5, 0.6) is 0 Å². The summed E-state index contributed by atoms with van der Waals surface area (Å²) >= 11 is 0. The summed E-state index contributed by atoms with van der Waals surface area (Å²) in [7, 11) is 0. The topological polar surface area (TPSA) is 74.6 Å². The van der Waals surface area contributed by atoms with Crippen molar-refractivity contribution in [2.75, 3.05) is 0 Å². The van der Waals surface area contributed by atoms with Gasteiger partial charge in [0.1, 0.15) is 5.82 Å². The fourth-order valence-electron chi connectivity index (χ4n) is 1.33. The quantitative estimate of drug-likeness (QED) is 0.635. The standard InChI is InChI=1S/C13H11FO4/c1-8(6-12(15)16)11(13(17)18)7-9-2-4-10(14)5-3-9/h2-7H,1H3,(H,15,16)(H,17,18). The number of hydrogen-bond donors (Lipinski definition) is 2. The first-order valence-corrected chi connectivity index (χ1v) is 5.02. The van der Waals surface area contributed by atoms with E-state index in [4.69, 9.17) is 10.2 Å². The lowest BCUT2D eigenvalue weighted by Crippen LogP contribution is -2.03. The molecule has 0 unspecified atom stereocenters. The molecule has 4 nitrogen and oxygen atoms in total. The van der Waals surface area contributed by atoms with Crippen molar-refractivity contribution in [1.82, 2.24) is 0 Å². The second-order valence-corrected chi connectivity index (χ2v) is 3.58. The minimum absolute atomic E-state index is 0.110. The van der Waals surface area contributed by atoms with E-state index in [0.717, 1.165) is 6.08 Å². The molecule has 1 aromatic rings. The van der Waals surface area contributed by atoms with Crippen LogP contribution in [0.1, 0.15) is 12.5 Å². The lowest BCUT2D eigenvalue weighted by Gasteiger charge is -2.02. The number of rotatable bonds is 4. The predicted molar refractivity (Wildman–Crippen MR) is 63.4 cm³/mol. The molecule has 0 aromatic heterocycles. The minimum Gasteiger partial charge on any atom is -0.478 e. The van der Waals surface area contributed by atoms with E-state index in [1.807, 2.05) is 0 Å². The zero-order valence-corrected chi connectivity index (χ0v) is 9.55. The summed E-state index contributed by atoms with van der Waals surface area (Å²) < 4.78 is 12.7. The zero-order chi connectivity index (χ0) is 13.7. The summed E-state index contributed by atoms with van der Waals surface area (Å²) in [6.45, 7) is 1.39. The summed E-state index contributed by atoms with van der Waals surface area (Å²) in [5.41, 5.74) is 0.440. The van der Waals surface area contributed by atoms with E-state index >= 15 is 0 Å². The Balaban J connectivity index is 3.17. The fraction of sp³-hybridized carbons (Fsp3) is 0.0769. The second-order valence-electron chi connectivity index (χ2n) is 3.58. The van der Waals surface area contributed by atoms with Gasteiger partial charge in [0.15, 0.2) is 0 Å². The molecule has 18 heavy (non-hydrogen) atoms. The van der Waals surface area contributed by atoms with Crippen molar-refractivity contribution in [2.45, 2.75) is 6.92 Å². The minimum atomic E-state index is -1.24. The molecule has 94 valence electrons. The average Bonchev–Trinajstić information content (AvgIpc) is 2.26. The number of carboxylic acids is 2. The third-order valence-corrected chi connectivity index (χ3v) is 2.18. The highest BCUT2D eigenvalue weighted by Crippen LogP contribution is 2.15. The molecule has 5 heteroatoms. The molecule has 0 heterocycles. The molecule has 0 aliphatic carbocycles. The maximum absolute atomic E-state index is 12.7. The van der Waals surface area contributed by atoms with Gasteiger partial charge in [0.05, 0.1) is 5.57 Å². The summed E-state index contributed by atoms with van der Waals surface area (Å²) in [5.74, 6) is -2.89. The smallest absolute Gasteiger partial charge is 0.335 e. The van der Waals surface area contributed by atoms with Crippen molar-refractivity contribution < 1.29 is 24.2 Å². The van der Waals surface area contributed by atoms with E-state index in [0.29, 0.717) is 5.56 Å². The van der Waals surface area contributed by atoms with Gasteiger partial charge >= 0.3 is 11.9 Å². The van der Waals surface area contributed by atoms with Crippen molar-refractivity contribution in [3.8, 4) is 0 Å². The predicted octanol–water partition coefficient (Wildman–Crippen LogP) is 2.32. The first-order valence-electron chi connectivity index (χ1n) is 5.02. The first kappa shape index (κ1) is 13.6. The van der Waals surface area contributed by atoms with Gasteiger partial charge in [0, 0.05) is 6.08 Å². The SMILES string of the molecule is CC(=CC(=O)O)C(=Cc1ccc(F)cc1)C(=O)O. The highest BCUT2D eigenvalue weighted by Gasteiger charge is 2.10. The number of benzene rings is 1. The Hall–Kier alpha value is -2.43. The van der Waals surface area contributed by atoms with E-state index in [1.54, 1.807) is 0 Å². The highest BCUT2D eigenvalue weighted by atomic mass is 19.1. The fourth-order valence-corrected chi connectivity index (χ4v) is 1.33. The van der Waals surface area contributed by atoms with Gasteiger partial charge in [-0.05, 0) is 36.3 Å². The van der Waals surface area contributed by atoms with Crippen LogP contribution < -0.4 is 0 Å². The van der Waals surface area contributed by atoms with Crippen LogP contribution in [-0.2, 0) is 9.59 Å². The zero-order valence-electron chi connectivity index (χ0n) is 9.55. The monoisotopic (exact) mass is 250 g/mol. The van der Waals surface area contributed by atoms with Crippen LogP contribution in [0.2, 0.25) is 0 Å². The molecule has 1 aromatic carbocycles. The lowest BCUT2D eigenvalue weighted by atomic mass is 10.0. The summed E-state index contributed by atoms with van der Waals surface area (Å²) in [5, 5.41) is 17.6. The average molecular weight is 250 g/mol. The molecule has 0 fully saturated rings. The van der Waals surface area contributed by atoms with Gasteiger partial charge in [-0.3, -0.25) is 0 Å². The lowest BCUT2D eigenvalue weighted by molar-refractivity contribution is -0.132. The van der Waals surface area contributed by atoms with E-state index < -0.39 is 17.8 Å². The van der Waals surface area contributed by atoms with E-state index in [-0.39, 0.29) is 11.1 Å². The molecular formula is C13H11FO4. The summed E-state index contributed by atoms with van der Waals surface area (Å²) in [6.07, 6.45) is 2.10. The normalized spacial score (nSPS) is 12.3. The van der Waals surface area contributed by atoms with Crippen LogP contribution in [0.25, 0.3) is 6.08 Å². The van der Waals surface area contributed by atoms with Gasteiger partial charge in [-0.2, -0.15) is 0 Å². The van der Waals surface area contributed by atoms with Crippen LogP contribution in [0.3, 0.4) is 0 Å². The summed E-state index contributed by atoms with van der Waals surface area (Å²) in [4.78, 5) is 21.5. The van der Waals surface area contributed by atoms with E-state index in [1.165, 1.54) is 37.3 Å². The third-order valence-electron chi connectivity index (χ3n) is 2.18. The van der Waals surface area contributed by atoms with Gasteiger partial charge in [-0.15, -0.1) is 0 Å². The van der Waals surface area contributed by atoms with Crippen molar-refractivity contribution in [3.63, 3.8) is 0 Å². The molecule has 2 N–H and O–H groups in total. The molecule has 0 radical (unpaired) electrons. The van der Waals surface area contributed by atoms with Crippen molar-refractivity contribution >= 4 is 18.0 Å². The Bertz CT molecular complexity index is 526. The van der Waals surface area contributed by atoms with Crippen LogP contribution in [0.15, 0.2) is 41.5 Å². The first-order chi connectivity index (χ1) is 8.40. The highest BCUT2D eigenvalue weighted by molar-refractivity contribution is 5.98. The number of hydrogen-bond acceptors (Lipinski definition) is 2. The molecule has 0 aliphatic rings. The van der Waals surface area contributed by atoms with Gasteiger partial charge in [-0.25, -0.2) is 14.0 Å². The van der Waals surface area contributed by atoms with Crippen LogP contribution in [0.4, 0.5) is 4.39 Å². The molecule has 0 aliphatic heterocycles. The van der Waals surface area contributed by atoms with Crippen LogP contribution in [0, 0.1) is 5.82 Å². The molecule has 0 saturated heterocycles. The van der Waals surface area contributed by atoms with Gasteiger partial charge < -0.3 is 10.2 Å². The Morgan fingerprint density at radius 2 is 1.72 bits per heavy atom. The Morgan fingerprint density at radius 3 is 2.17 bits per heavy atom. The number of halogens is 1. The molecule has 0 atom stereocenters. The van der Waals surface area contributed by atoms with Gasteiger partial charge in [0.25, 0.3) is 0 Å². The molecular weight excluding hydrogens is 239 g/mol. The number of aliphatic carboxylic acids is 2. The van der Waals surface area contributed by atoms with Gasteiger partial charge in [-0.1, -0.05) is 12.1 Å². The second kappa shape index (κ2) is 5.77. The summed E-state index contributed by atoms with van der Waals surface area (Å²) in [6, 6.07) is 5.21. The molecule has 0 saturated carbocycles. The third kappa shape index (κ3) is 3.86. The number of carbonyl (C=O) groups is 2. The van der Waals surface area contributed by atoms with Crippen molar-refractivity contribution in [2.24, 2.45) is 0 Å². The van der Waals surface area contributed by atoms with E-state index in [9.17, 15) is 14.0 Å². The van der Waals surface area contributed by atoms with E-state index in [2.05, 4.69) is 0 Å². The van der Waals surface area contributed by atoms with Crippen LogP contribution in [-0.4, -0.2) is 22.2 Å². The molecule has 1 rings (SSSR count). The van der Waals surface area contributed by atoms with Crippen molar-refractivity contribution in [1.29, 1.82) is 0 Å². The van der Waals surface area contributed by atoms with Crippen molar-refractivity contribution in [3.05, 3.63) is 52.9 Å². The largest absolute Gasteiger partial charge is 0.478 e. The Kier molecular flexibility index (Phi) is 4.37.